The highest BCUT2D eigenvalue weighted by Crippen LogP contribution is 2.31. The van der Waals surface area contributed by atoms with Crippen molar-refractivity contribution in [1.29, 1.82) is 0 Å². The summed E-state index contributed by atoms with van der Waals surface area (Å²) in [5, 5.41) is 14.4. The van der Waals surface area contributed by atoms with Gasteiger partial charge in [0.15, 0.2) is 12.4 Å². The minimum atomic E-state index is -4.40. The lowest BCUT2D eigenvalue weighted by molar-refractivity contribution is -0.897. The number of rotatable bonds is 4. The van der Waals surface area contributed by atoms with E-state index in [1.165, 1.54) is 6.07 Å². The molecule has 0 aliphatic carbocycles. The molecule has 0 spiro atoms. The monoisotopic (exact) mass is 409 g/mol. The quantitative estimate of drug-likeness (QED) is 0.683. The summed E-state index contributed by atoms with van der Waals surface area (Å²) in [4.78, 5) is 13.3. The molecular weight excluding hydrogens is 389 g/mol. The Morgan fingerprint density at radius 1 is 1.31 bits per heavy atom. The first-order chi connectivity index (χ1) is 13.8. The molecular formula is C18H20F3N6O2+. The van der Waals surface area contributed by atoms with Gasteiger partial charge in [-0.15, -0.1) is 5.10 Å². The van der Waals surface area contributed by atoms with Crippen molar-refractivity contribution in [2.75, 3.05) is 25.0 Å². The van der Waals surface area contributed by atoms with Crippen LogP contribution >= 0.6 is 0 Å². The molecule has 29 heavy (non-hydrogen) atoms. The summed E-state index contributed by atoms with van der Waals surface area (Å²) in [7, 11) is 0. The van der Waals surface area contributed by atoms with Gasteiger partial charge in [0.05, 0.1) is 30.2 Å². The Balaban J connectivity index is 1.36. The number of alkyl halides is 3. The first kappa shape index (κ1) is 19.4. The zero-order chi connectivity index (χ0) is 20.6. The molecule has 1 aliphatic heterocycles. The zero-order valence-electron chi connectivity index (χ0n) is 15.7. The van der Waals surface area contributed by atoms with Crippen molar-refractivity contribution in [3.63, 3.8) is 0 Å². The number of amides is 1. The number of likely N-dealkylation sites (tertiary alicyclic amines) is 1. The molecule has 1 amide bonds. The molecule has 154 valence electrons. The lowest BCUT2D eigenvalue weighted by atomic mass is 10.0. The van der Waals surface area contributed by atoms with E-state index in [-0.39, 0.29) is 17.5 Å². The maximum atomic E-state index is 12.9. The standard InChI is InChI=1S/C18H19F3N6O2/c1-11-8-16(24-29-11)22-17(28)10-26-6-4-13(5-7-26)27-15-3-2-12(18(19,20)21)9-14(15)23-25-27/h2-3,8-9,13H,4-7,10H2,1H3,(H,22,24,28)/p+1. The fourth-order valence-electron chi connectivity index (χ4n) is 3.66. The number of hydrogen-bond donors (Lipinski definition) is 2. The van der Waals surface area contributed by atoms with Crippen LogP contribution in [0.1, 0.15) is 30.2 Å². The molecule has 1 aliphatic rings. The number of fused-ring (bicyclic) bond motifs is 1. The van der Waals surface area contributed by atoms with Crippen LogP contribution in [0.4, 0.5) is 19.0 Å². The third-order valence-electron chi connectivity index (χ3n) is 5.11. The van der Waals surface area contributed by atoms with Crippen LogP contribution in [0, 0.1) is 6.92 Å². The van der Waals surface area contributed by atoms with Gasteiger partial charge in [-0.05, 0) is 25.1 Å². The van der Waals surface area contributed by atoms with Gasteiger partial charge in [0.25, 0.3) is 5.91 Å². The first-order valence-electron chi connectivity index (χ1n) is 9.28. The molecule has 0 bridgehead atoms. The van der Waals surface area contributed by atoms with Crippen molar-refractivity contribution in [1.82, 2.24) is 20.2 Å². The normalized spacial score (nSPS) is 20.1. The van der Waals surface area contributed by atoms with Gasteiger partial charge in [0, 0.05) is 18.9 Å². The third kappa shape index (κ3) is 4.24. The number of carbonyl (C=O) groups is 1. The zero-order valence-corrected chi connectivity index (χ0v) is 15.7. The molecule has 2 N–H and O–H groups in total. The molecule has 11 heteroatoms. The van der Waals surface area contributed by atoms with Crippen molar-refractivity contribution in [2.24, 2.45) is 0 Å². The van der Waals surface area contributed by atoms with Gasteiger partial charge in [0.2, 0.25) is 0 Å². The molecule has 4 rings (SSSR count). The minimum absolute atomic E-state index is 0.0433. The molecule has 3 heterocycles. The van der Waals surface area contributed by atoms with Gasteiger partial charge in [-0.25, -0.2) is 4.68 Å². The number of nitrogens with zero attached hydrogens (tertiary/aromatic N) is 4. The summed E-state index contributed by atoms with van der Waals surface area (Å²) in [6.45, 7) is 3.55. The number of nitrogens with one attached hydrogen (secondary N) is 2. The van der Waals surface area contributed by atoms with Crippen LogP contribution in [0.5, 0.6) is 0 Å². The van der Waals surface area contributed by atoms with Crippen molar-refractivity contribution in [3.8, 4) is 0 Å². The van der Waals surface area contributed by atoms with Gasteiger partial charge in [-0.2, -0.15) is 13.2 Å². The molecule has 3 aromatic rings. The summed E-state index contributed by atoms with van der Waals surface area (Å²) >= 11 is 0. The highest BCUT2D eigenvalue weighted by molar-refractivity contribution is 5.90. The van der Waals surface area contributed by atoms with Crippen LogP contribution in [0.3, 0.4) is 0 Å². The smallest absolute Gasteiger partial charge is 0.360 e. The van der Waals surface area contributed by atoms with Gasteiger partial charge in [-0.3, -0.25) is 4.79 Å². The number of anilines is 1. The predicted molar refractivity (Wildman–Crippen MR) is 96.2 cm³/mol. The fraction of sp³-hybridized carbons (Fsp3) is 0.444. The molecule has 1 saturated heterocycles. The maximum Gasteiger partial charge on any atom is 0.416 e. The molecule has 1 fully saturated rings. The molecule has 1 aromatic carbocycles. The third-order valence-corrected chi connectivity index (χ3v) is 5.11. The van der Waals surface area contributed by atoms with E-state index in [2.05, 4.69) is 20.8 Å². The Morgan fingerprint density at radius 2 is 2.07 bits per heavy atom. The topological polar surface area (TPSA) is 90.3 Å². The second-order valence-electron chi connectivity index (χ2n) is 7.26. The number of halogens is 3. The van der Waals surface area contributed by atoms with E-state index < -0.39 is 11.7 Å². The minimum Gasteiger partial charge on any atom is -0.360 e. The van der Waals surface area contributed by atoms with Gasteiger partial charge >= 0.3 is 6.18 Å². The second-order valence-corrected chi connectivity index (χ2v) is 7.26. The summed E-state index contributed by atoms with van der Waals surface area (Å²) in [6, 6.07) is 5.19. The summed E-state index contributed by atoms with van der Waals surface area (Å²) in [5.74, 6) is 0.877. The van der Waals surface area contributed by atoms with E-state index in [0.29, 0.717) is 23.6 Å². The number of aromatic nitrogens is 4. The lowest BCUT2D eigenvalue weighted by Gasteiger charge is -2.28. The van der Waals surface area contributed by atoms with Gasteiger partial charge in [-0.1, -0.05) is 10.4 Å². The van der Waals surface area contributed by atoms with Crippen molar-refractivity contribution < 1.29 is 27.4 Å². The Kier molecular flexibility index (Phi) is 4.99. The van der Waals surface area contributed by atoms with Crippen molar-refractivity contribution in [2.45, 2.75) is 32.0 Å². The number of piperidine rings is 1. The Bertz CT molecular complexity index is 1020. The Hall–Kier alpha value is -2.95. The van der Waals surface area contributed by atoms with E-state index in [1.807, 2.05) is 0 Å². The molecule has 8 nitrogen and oxygen atoms in total. The fourth-order valence-corrected chi connectivity index (χ4v) is 3.66. The second kappa shape index (κ2) is 7.47. The summed E-state index contributed by atoms with van der Waals surface area (Å²) in [5.41, 5.74) is 0.0899. The number of benzene rings is 1. The van der Waals surface area contributed by atoms with Crippen LogP contribution in [-0.2, 0) is 11.0 Å². The van der Waals surface area contributed by atoms with Crippen LogP contribution in [0.2, 0.25) is 0 Å². The molecule has 0 unspecified atom stereocenters. The number of hydrogen-bond acceptors (Lipinski definition) is 5. The molecule has 0 radical (unpaired) electrons. The first-order valence-corrected chi connectivity index (χ1v) is 9.28. The Labute approximate surface area is 163 Å². The summed E-state index contributed by atoms with van der Waals surface area (Å²) < 4.78 is 45.2. The highest BCUT2D eigenvalue weighted by atomic mass is 19.4. The van der Waals surface area contributed by atoms with Crippen LogP contribution in [-0.4, -0.2) is 45.7 Å². The molecule has 0 atom stereocenters. The van der Waals surface area contributed by atoms with E-state index >= 15 is 0 Å². The number of carbonyl (C=O) groups excluding carboxylic acids is 1. The molecule has 2 aromatic heterocycles. The average Bonchev–Trinajstić information content (AvgIpc) is 3.27. The number of aryl methyl sites for hydroxylation is 1. The van der Waals surface area contributed by atoms with E-state index in [0.717, 1.165) is 43.0 Å². The maximum absolute atomic E-state index is 12.9. The van der Waals surface area contributed by atoms with Crippen molar-refractivity contribution >= 4 is 22.8 Å². The largest absolute Gasteiger partial charge is 0.416 e. The van der Waals surface area contributed by atoms with Crippen LogP contribution in [0.15, 0.2) is 28.8 Å². The SMILES string of the molecule is Cc1cc(NC(=O)C[NH+]2CCC(n3nnc4cc(C(F)(F)F)ccc43)CC2)no1. The van der Waals surface area contributed by atoms with Gasteiger partial charge in [0.1, 0.15) is 11.3 Å². The number of quaternary nitrogens is 1. The van der Waals surface area contributed by atoms with E-state index in [1.54, 1.807) is 17.7 Å². The van der Waals surface area contributed by atoms with E-state index in [4.69, 9.17) is 4.52 Å². The van der Waals surface area contributed by atoms with Gasteiger partial charge < -0.3 is 14.7 Å². The Morgan fingerprint density at radius 3 is 2.72 bits per heavy atom. The highest BCUT2D eigenvalue weighted by Gasteiger charge is 2.32. The predicted octanol–water partition coefficient (Wildman–Crippen LogP) is 1.61. The summed E-state index contributed by atoms with van der Waals surface area (Å²) in [6.07, 6.45) is -2.89. The van der Waals surface area contributed by atoms with Crippen LogP contribution in [0.25, 0.3) is 11.0 Å². The van der Waals surface area contributed by atoms with Crippen molar-refractivity contribution in [3.05, 3.63) is 35.6 Å². The lowest BCUT2D eigenvalue weighted by Crippen LogP contribution is -3.14. The molecule has 0 saturated carbocycles. The average molecular weight is 409 g/mol. The van der Waals surface area contributed by atoms with E-state index in [9.17, 15) is 18.0 Å². The van der Waals surface area contributed by atoms with Crippen LogP contribution < -0.4 is 10.2 Å².